The van der Waals surface area contributed by atoms with E-state index >= 15 is 0 Å². The third-order valence-electron chi connectivity index (χ3n) is 8.25. The summed E-state index contributed by atoms with van der Waals surface area (Å²) in [5.41, 5.74) is 11.0. The molecule has 3 atom stereocenters. The Morgan fingerprint density at radius 2 is 2.00 bits per heavy atom. The van der Waals surface area contributed by atoms with Crippen molar-refractivity contribution in [1.29, 1.82) is 0 Å². The van der Waals surface area contributed by atoms with Crippen LogP contribution in [0.25, 0.3) is 11.1 Å². The molecule has 2 aromatic rings. The summed E-state index contributed by atoms with van der Waals surface area (Å²) in [5, 5.41) is 11.0. The van der Waals surface area contributed by atoms with Crippen LogP contribution >= 0.6 is 0 Å². The second kappa shape index (κ2) is 11.8. The zero-order valence-corrected chi connectivity index (χ0v) is 22.6. The molecule has 1 aromatic carbocycles. The first-order valence-electron chi connectivity index (χ1n) is 13.4. The second-order valence-electron chi connectivity index (χ2n) is 11.1. The van der Waals surface area contributed by atoms with Crippen molar-refractivity contribution in [3.8, 4) is 11.1 Å². The normalized spacial score (nSPS) is 27.2. The minimum absolute atomic E-state index is 0.0287. The molecule has 3 unspecified atom stereocenters. The van der Waals surface area contributed by atoms with Gasteiger partial charge in [0.1, 0.15) is 0 Å². The number of hydrogen-bond donors (Lipinski definition) is 3. The van der Waals surface area contributed by atoms with Crippen molar-refractivity contribution in [3.63, 3.8) is 0 Å². The lowest BCUT2D eigenvalue weighted by atomic mass is 9.88. The predicted octanol–water partition coefficient (Wildman–Crippen LogP) is 3.44. The van der Waals surface area contributed by atoms with Gasteiger partial charge in [-0.3, -0.25) is 14.8 Å². The summed E-state index contributed by atoms with van der Waals surface area (Å²) in [6.07, 6.45) is 9.15. The van der Waals surface area contributed by atoms with Gasteiger partial charge in [-0.05, 0) is 75.1 Å². The van der Waals surface area contributed by atoms with Gasteiger partial charge in [0.25, 0.3) is 5.91 Å². The molecule has 198 valence electrons. The molecular weight excluding hydrogens is 452 g/mol. The summed E-state index contributed by atoms with van der Waals surface area (Å²) < 4.78 is 7.61. The highest BCUT2D eigenvalue weighted by Gasteiger charge is 2.27. The van der Waals surface area contributed by atoms with E-state index in [9.17, 15) is 4.79 Å². The fourth-order valence-electron chi connectivity index (χ4n) is 5.71. The van der Waals surface area contributed by atoms with E-state index in [-0.39, 0.29) is 11.8 Å². The number of nitrogens with one attached hydrogen (secondary N) is 2. The second-order valence-corrected chi connectivity index (χ2v) is 11.1. The molecule has 2 heterocycles. The van der Waals surface area contributed by atoms with E-state index in [4.69, 9.17) is 10.5 Å². The highest BCUT2D eigenvalue weighted by molar-refractivity contribution is 5.98. The number of aromatic nitrogens is 2. The maximum absolute atomic E-state index is 13.6. The number of nitrogens with zero attached hydrogens (tertiary/aromatic N) is 3. The van der Waals surface area contributed by atoms with Crippen LogP contribution in [0.3, 0.4) is 0 Å². The van der Waals surface area contributed by atoms with Crippen molar-refractivity contribution in [2.24, 2.45) is 24.6 Å². The standard InChI is InChI=1S/C28H44N6O2/c1-18-10-19(2)31-17-36-16-23(18)13-30-28(35)26-11-21(22-14-32-33(4)15-22)12-27(20(26)3)34(5)25-8-6-24(29)7-9-25/h11-12,14-15,18-19,23-25,31H,6-10,13,16-17,29H2,1-5H3,(H,30,35)/t18?,19?,23?,24-,25-. The van der Waals surface area contributed by atoms with Gasteiger partial charge in [-0.1, -0.05) is 6.92 Å². The molecule has 2 fully saturated rings. The Morgan fingerprint density at radius 3 is 2.69 bits per heavy atom. The molecule has 8 nitrogen and oxygen atoms in total. The minimum atomic E-state index is -0.0287. The molecule has 1 aliphatic carbocycles. The first-order chi connectivity index (χ1) is 17.2. The van der Waals surface area contributed by atoms with Gasteiger partial charge in [0.05, 0.1) is 19.5 Å². The summed E-state index contributed by atoms with van der Waals surface area (Å²) in [6, 6.07) is 5.35. The van der Waals surface area contributed by atoms with Crippen LogP contribution in [0.5, 0.6) is 0 Å². The fourth-order valence-corrected chi connectivity index (χ4v) is 5.71. The lowest BCUT2D eigenvalue weighted by Gasteiger charge is -2.36. The predicted molar refractivity (Wildman–Crippen MR) is 145 cm³/mol. The summed E-state index contributed by atoms with van der Waals surface area (Å²) >= 11 is 0. The zero-order chi connectivity index (χ0) is 25.8. The van der Waals surface area contributed by atoms with Crippen molar-refractivity contribution in [2.45, 2.75) is 71.0 Å². The summed E-state index contributed by atoms with van der Waals surface area (Å²) in [7, 11) is 4.07. The van der Waals surface area contributed by atoms with Crippen molar-refractivity contribution in [2.75, 3.05) is 31.8 Å². The number of amides is 1. The van der Waals surface area contributed by atoms with Crippen LogP contribution in [0.15, 0.2) is 24.5 Å². The third-order valence-corrected chi connectivity index (χ3v) is 8.25. The van der Waals surface area contributed by atoms with E-state index in [1.807, 2.05) is 25.5 Å². The van der Waals surface area contributed by atoms with Gasteiger partial charge in [-0.25, -0.2) is 0 Å². The van der Waals surface area contributed by atoms with Crippen LogP contribution in [0.1, 0.15) is 61.9 Å². The molecule has 1 saturated carbocycles. The molecule has 1 aromatic heterocycles. The Balaban J connectivity index is 1.58. The number of carbonyl (C=O) groups excluding carboxylic acids is 1. The van der Waals surface area contributed by atoms with Crippen LogP contribution in [-0.2, 0) is 11.8 Å². The summed E-state index contributed by atoms with van der Waals surface area (Å²) in [4.78, 5) is 16.0. The van der Waals surface area contributed by atoms with Crippen LogP contribution < -0.4 is 21.3 Å². The largest absolute Gasteiger partial charge is 0.371 e. The van der Waals surface area contributed by atoms with Crippen molar-refractivity contribution in [1.82, 2.24) is 20.4 Å². The third kappa shape index (κ3) is 6.28. The molecule has 1 saturated heterocycles. The minimum Gasteiger partial charge on any atom is -0.371 e. The Bertz CT molecular complexity index is 1030. The van der Waals surface area contributed by atoms with Crippen LogP contribution in [0.2, 0.25) is 0 Å². The SMILES string of the molecule is Cc1c(C(=O)NCC2COCNC(C)CC2C)cc(-c2cnn(C)c2)cc1N(C)[C@H]1CC[C@H](N)CC1. The maximum Gasteiger partial charge on any atom is 0.251 e. The van der Waals surface area contributed by atoms with Gasteiger partial charge in [-0.2, -0.15) is 5.10 Å². The molecule has 36 heavy (non-hydrogen) atoms. The van der Waals surface area contributed by atoms with E-state index < -0.39 is 0 Å². The van der Waals surface area contributed by atoms with Crippen molar-refractivity contribution >= 4 is 11.6 Å². The van der Waals surface area contributed by atoms with E-state index in [2.05, 4.69) is 54.5 Å². The average Bonchev–Trinajstić information content (AvgIpc) is 3.28. The van der Waals surface area contributed by atoms with Crippen LogP contribution in [-0.4, -0.2) is 60.7 Å². The smallest absolute Gasteiger partial charge is 0.251 e. The molecule has 2 aliphatic rings. The van der Waals surface area contributed by atoms with Crippen LogP contribution in [0, 0.1) is 18.8 Å². The maximum atomic E-state index is 13.6. The molecule has 1 aliphatic heterocycles. The lowest BCUT2D eigenvalue weighted by molar-refractivity contribution is 0.0394. The molecule has 0 radical (unpaired) electrons. The van der Waals surface area contributed by atoms with Gasteiger partial charge >= 0.3 is 0 Å². The number of nitrogens with two attached hydrogens (primary N) is 1. The Kier molecular flexibility index (Phi) is 8.70. The fraction of sp³-hybridized carbons (Fsp3) is 0.643. The van der Waals surface area contributed by atoms with Gasteiger partial charge in [0.15, 0.2) is 0 Å². The molecule has 0 spiro atoms. The number of aryl methyl sites for hydroxylation is 1. The van der Waals surface area contributed by atoms with Crippen LogP contribution in [0.4, 0.5) is 5.69 Å². The average molecular weight is 497 g/mol. The van der Waals surface area contributed by atoms with Gasteiger partial charge in [0, 0.05) is 67.7 Å². The topological polar surface area (TPSA) is 97.4 Å². The lowest BCUT2D eigenvalue weighted by Crippen LogP contribution is -2.41. The first kappa shape index (κ1) is 26.6. The van der Waals surface area contributed by atoms with E-state index in [0.29, 0.717) is 43.9 Å². The van der Waals surface area contributed by atoms with Crippen molar-refractivity contribution < 1.29 is 9.53 Å². The quantitative estimate of drug-likeness (QED) is 0.567. The van der Waals surface area contributed by atoms with Gasteiger partial charge in [-0.15, -0.1) is 0 Å². The Hall–Kier alpha value is -2.42. The first-order valence-corrected chi connectivity index (χ1v) is 13.4. The molecule has 4 N–H and O–H groups in total. The number of benzene rings is 1. The molecule has 4 rings (SSSR count). The van der Waals surface area contributed by atoms with E-state index in [0.717, 1.165) is 60.0 Å². The molecule has 0 bridgehead atoms. The van der Waals surface area contributed by atoms with Gasteiger partial charge < -0.3 is 20.7 Å². The molecular formula is C28H44N6O2. The number of hydrogen-bond acceptors (Lipinski definition) is 6. The summed E-state index contributed by atoms with van der Waals surface area (Å²) in [6.45, 7) is 8.32. The highest BCUT2D eigenvalue weighted by Crippen LogP contribution is 2.34. The molecule has 1 amide bonds. The highest BCUT2D eigenvalue weighted by atomic mass is 16.5. The molecule has 8 heteroatoms. The number of ether oxygens (including phenoxy) is 1. The zero-order valence-electron chi connectivity index (χ0n) is 22.6. The van der Waals surface area contributed by atoms with Crippen molar-refractivity contribution in [3.05, 3.63) is 35.7 Å². The summed E-state index contributed by atoms with van der Waals surface area (Å²) in [5.74, 6) is 0.711. The van der Waals surface area contributed by atoms with E-state index in [1.54, 1.807) is 4.68 Å². The monoisotopic (exact) mass is 496 g/mol. The Labute approximate surface area is 215 Å². The Morgan fingerprint density at radius 1 is 1.25 bits per heavy atom. The van der Waals surface area contributed by atoms with E-state index in [1.165, 1.54) is 0 Å². The number of carbonyl (C=O) groups is 1. The van der Waals surface area contributed by atoms with Gasteiger partial charge in [0.2, 0.25) is 0 Å². The number of rotatable bonds is 6. The number of anilines is 1.